The van der Waals surface area contributed by atoms with Crippen molar-refractivity contribution in [2.75, 3.05) is 13.7 Å². The van der Waals surface area contributed by atoms with Gasteiger partial charge in [-0.2, -0.15) is 0 Å². The molecule has 0 fully saturated rings. The van der Waals surface area contributed by atoms with E-state index in [4.69, 9.17) is 32.7 Å². The van der Waals surface area contributed by atoms with Gasteiger partial charge in [0.25, 0.3) is 11.8 Å². The largest absolute Gasteiger partial charge is 0.493 e. The highest BCUT2D eigenvalue weighted by Crippen LogP contribution is 2.27. The molecule has 0 bridgehead atoms. The SMILES string of the molecule is COc1cc(C)ccc1OCC(=O)NNC(=O)c1ccc(Cl)cc1Cl. The number of benzene rings is 2. The molecular weight excluding hydrogens is 367 g/mol. The van der Waals surface area contributed by atoms with Crippen LogP contribution in [0.25, 0.3) is 0 Å². The minimum atomic E-state index is -0.567. The molecule has 25 heavy (non-hydrogen) atoms. The van der Waals surface area contributed by atoms with Gasteiger partial charge < -0.3 is 9.47 Å². The summed E-state index contributed by atoms with van der Waals surface area (Å²) in [5.41, 5.74) is 5.69. The normalized spacial score (nSPS) is 10.1. The molecule has 2 aromatic rings. The standard InChI is InChI=1S/C17H16Cl2N2O4/c1-10-3-6-14(15(7-10)24-2)25-9-16(22)20-21-17(23)12-5-4-11(18)8-13(12)19/h3-8H,9H2,1-2H3,(H,20,22)(H,21,23). The number of nitrogens with one attached hydrogen (secondary N) is 2. The minimum absolute atomic E-state index is 0.180. The predicted molar refractivity (Wildman–Crippen MR) is 95.3 cm³/mol. The van der Waals surface area contributed by atoms with Crippen LogP contribution in [0.15, 0.2) is 36.4 Å². The van der Waals surface area contributed by atoms with E-state index in [2.05, 4.69) is 10.9 Å². The van der Waals surface area contributed by atoms with Crippen LogP contribution in [-0.4, -0.2) is 25.5 Å². The molecule has 2 rings (SSSR count). The van der Waals surface area contributed by atoms with Gasteiger partial charge in [-0.25, -0.2) is 0 Å². The number of aryl methyl sites for hydroxylation is 1. The second-order valence-electron chi connectivity index (χ2n) is 5.07. The third kappa shape index (κ3) is 5.27. The molecule has 0 unspecified atom stereocenters. The van der Waals surface area contributed by atoms with Gasteiger partial charge >= 0.3 is 0 Å². The van der Waals surface area contributed by atoms with Gasteiger partial charge in [-0.3, -0.25) is 20.4 Å². The van der Waals surface area contributed by atoms with Crippen molar-refractivity contribution in [1.29, 1.82) is 0 Å². The Balaban J connectivity index is 1.87. The van der Waals surface area contributed by atoms with E-state index in [-0.39, 0.29) is 17.2 Å². The van der Waals surface area contributed by atoms with E-state index < -0.39 is 11.8 Å². The van der Waals surface area contributed by atoms with Gasteiger partial charge in [0, 0.05) is 5.02 Å². The van der Waals surface area contributed by atoms with Crippen LogP contribution in [0.3, 0.4) is 0 Å². The molecule has 0 aliphatic carbocycles. The highest BCUT2D eigenvalue weighted by Gasteiger charge is 2.12. The van der Waals surface area contributed by atoms with Crippen LogP contribution >= 0.6 is 23.2 Å². The van der Waals surface area contributed by atoms with E-state index in [1.54, 1.807) is 12.1 Å². The summed E-state index contributed by atoms with van der Waals surface area (Å²) in [6, 6.07) is 9.74. The van der Waals surface area contributed by atoms with Gasteiger partial charge in [-0.05, 0) is 42.8 Å². The van der Waals surface area contributed by atoms with E-state index in [1.807, 2.05) is 13.0 Å². The summed E-state index contributed by atoms with van der Waals surface area (Å²) in [6.45, 7) is 1.62. The van der Waals surface area contributed by atoms with E-state index in [0.717, 1.165) is 5.56 Å². The lowest BCUT2D eigenvalue weighted by atomic mass is 10.2. The van der Waals surface area contributed by atoms with Gasteiger partial charge in [0.15, 0.2) is 18.1 Å². The van der Waals surface area contributed by atoms with E-state index in [1.165, 1.54) is 25.3 Å². The molecule has 0 atom stereocenters. The number of hydrazine groups is 1. The van der Waals surface area contributed by atoms with Crippen LogP contribution in [0.2, 0.25) is 10.0 Å². The summed E-state index contributed by atoms with van der Waals surface area (Å²) < 4.78 is 10.6. The molecule has 0 aromatic heterocycles. The Morgan fingerprint density at radius 1 is 1.04 bits per heavy atom. The Bertz CT molecular complexity index is 796. The molecule has 0 heterocycles. The first-order chi connectivity index (χ1) is 11.9. The van der Waals surface area contributed by atoms with Crippen molar-refractivity contribution in [3.05, 3.63) is 57.6 Å². The number of hydrogen-bond donors (Lipinski definition) is 2. The Morgan fingerprint density at radius 2 is 1.80 bits per heavy atom. The molecule has 6 nitrogen and oxygen atoms in total. The zero-order valence-electron chi connectivity index (χ0n) is 13.6. The number of carbonyl (C=O) groups is 2. The average molecular weight is 383 g/mol. The number of ether oxygens (including phenoxy) is 2. The van der Waals surface area contributed by atoms with Crippen molar-refractivity contribution >= 4 is 35.0 Å². The number of amides is 2. The molecule has 0 saturated carbocycles. The summed E-state index contributed by atoms with van der Waals surface area (Å²) in [4.78, 5) is 23.8. The summed E-state index contributed by atoms with van der Waals surface area (Å²) >= 11 is 11.7. The fourth-order valence-corrected chi connectivity index (χ4v) is 2.44. The molecule has 2 N–H and O–H groups in total. The molecule has 0 spiro atoms. The first-order valence-electron chi connectivity index (χ1n) is 7.22. The smallest absolute Gasteiger partial charge is 0.276 e. The van der Waals surface area contributed by atoms with Gasteiger partial charge in [0.2, 0.25) is 0 Å². The minimum Gasteiger partial charge on any atom is -0.493 e. The first-order valence-corrected chi connectivity index (χ1v) is 7.98. The van der Waals surface area contributed by atoms with Gasteiger partial charge in [0.05, 0.1) is 17.7 Å². The predicted octanol–water partition coefficient (Wildman–Crippen LogP) is 3.15. The maximum Gasteiger partial charge on any atom is 0.276 e. The van der Waals surface area contributed by atoms with Crippen LogP contribution in [0.4, 0.5) is 0 Å². The summed E-state index contributed by atoms with van der Waals surface area (Å²) in [5.74, 6) is -0.163. The van der Waals surface area contributed by atoms with Crippen LogP contribution in [-0.2, 0) is 4.79 Å². The third-order valence-electron chi connectivity index (χ3n) is 3.17. The number of carbonyl (C=O) groups excluding carboxylic acids is 2. The second kappa shape index (κ2) is 8.60. The van der Waals surface area contributed by atoms with Crippen molar-refractivity contribution in [2.24, 2.45) is 0 Å². The lowest BCUT2D eigenvalue weighted by Gasteiger charge is -2.12. The number of hydrogen-bond acceptors (Lipinski definition) is 4. The molecule has 2 amide bonds. The number of methoxy groups -OCH3 is 1. The molecule has 0 radical (unpaired) electrons. The topological polar surface area (TPSA) is 76.7 Å². The first kappa shape index (κ1) is 18.9. The molecule has 0 aliphatic heterocycles. The van der Waals surface area contributed by atoms with Gasteiger partial charge in [-0.15, -0.1) is 0 Å². The second-order valence-corrected chi connectivity index (χ2v) is 5.91. The van der Waals surface area contributed by atoms with Gasteiger partial charge in [0.1, 0.15) is 0 Å². The highest BCUT2D eigenvalue weighted by molar-refractivity contribution is 6.36. The fraction of sp³-hybridized carbons (Fsp3) is 0.176. The fourth-order valence-electron chi connectivity index (χ4n) is 1.94. The third-order valence-corrected chi connectivity index (χ3v) is 3.72. The Kier molecular flexibility index (Phi) is 6.50. The van der Waals surface area contributed by atoms with E-state index in [0.29, 0.717) is 16.5 Å². The highest BCUT2D eigenvalue weighted by atomic mass is 35.5. The van der Waals surface area contributed by atoms with Crippen LogP contribution < -0.4 is 20.3 Å². The Labute approximate surface area is 155 Å². The molecule has 0 saturated heterocycles. The van der Waals surface area contributed by atoms with Crippen LogP contribution in [0.1, 0.15) is 15.9 Å². The Hall–Kier alpha value is -2.44. The number of rotatable bonds is 5. The Morgan fingerprint density at radius 3 is 2.48 bits per heavy atom. The van der Waals surface area contributed by atoms with Crippen molar-refractivity contribution < 1.29 is 19.1 Å². The van der Waals surface area contributed by atoms with E-state index >= 15 is 0 Å². The lowest BCUT2D eigenvalue weighted by Crippen LogP contribution is -2.43. The summed E-state index contributed by atoms with van der Waals surface area (Å²) in [7, 11) is 1.51. The van der Waals surface area contributed by atoms with E-state index in [9.17, 15) is 9.59 Å². The lowest BCUT2D eigenvalue weighted by molar-refractivity contribution is -0.123. The molecule has 132 valence electrons. The van der Waals surface area contributed by atoms with Crippen LogP contribution in [0, 0.1) is 6.92 Å². The molecule has 8 heteroatoms. The quantitative estimate of drug-likeness (QED) is 0.778. The zero-order chi connectivity index (χ0) is 18.4. The van der Waals surface area contributed by atoms with Crippen molar-refractivity contribution in [3.8, 4) is 11.5 Å². The van der Waals surface area contributed by atoms with Crippen molar-refractivity contribution in [3.63, 3.8) is 0 Å². The summed E-state index contributed by atoms with van der Waals surface area (Å²) in [6.07, 6.45) is 0. The average Bonchev–Trinajstić information content (AvgIpc) is 2.58. The molecule has 0 aliphatic rings. The molecule has 2 aromatic carbocycles. The van der Waals surface area contributed by atoms with Crippen LogP contribution in [0.5, 0.6) is 11.5 Å². The van der Waals surface area contributed by atoms with Gasteiger partial charge in [-0.1, -0.05) is 29.3 Å². The monoisotopic (exact) mass is 382 g/mol. The maximum absolute atomic E-state index is 12.0. The van der Waals surface area contributed by atoms with Crippen molar-refractivity contribution in [1.82, 2.24) is 10.9 Å². The molecular formula is C17H16Cl2N2O4. The van der Waals surface area contributed by atoms with Crippen molar-refractivity contribution in [2.45, 2.75) is 6.92 Å². The summed E-state index contributed by atoms with van der Waals surface area (Å²) in [5, 5.41) is 0.589. The maximum atomic E-state index is 12.0. The zero-order valence-corrected chi connectivity index (χ0v) is 15.1. The number of halogens is 2.